The molecule has 1 saturated heterocycles. The van der Waals surface area contributed by atoms with Gasteiger partial charge in [0.1, 0.15) is 17.3 Å². The van der Waals surface area contributed by atoms with Gasteiger partial charge in [0.25, 0.3) is 0 Å². The van der Waals surface area contributed by atoms with Crippen LogP contribution >= 0.6 is 0 Å². The van der Waals surface area contributed by atoms with Crippen molar-refractivity contribution in [2.24, 2.45) is 0 Å². The lowest BCUT2D eigenvalue weighted by Gasteiger charge is -2.25. The molecule has 1 aliphatic heterocycles. The fourth-order valence-corrected chi connectivity index (χ4v) is 3.34. The van der Waals surface area contributed by atoms with E-state index in [1.54, 1.807) is 18.2 Å². The Balaban J connectivity index is 1.63. The van der Waals surface area contributed by atoms with E-state index >= 15 is 0 Å². The summed E-state index contributed by atoms with van der Waals surface area (Å²) in [5.74, 6) is 1.39. The minimum atomic E-state index is -2.92. The Morgan fingerprint density at radius 3 is 2.68 bits per heavy atom. The summed E-state index contributed by atoms with van der Waals surface area (Å²) in [6, 6.07) is 10.2. The third-order valence-corrected chi connectivity index (χ3v) is 4.69. The number of halogens is 2. The molecule has 0 spiro atoms. The second-order valence-corrected chi connectivity index (χ2v) is 6.70. The number of benzene rings is 1. The molecule has 1 aliphatic rings. The number of nitrogens with zero attached hydrogens (tertiary/aromatic N) is 1. The fraction of sp³-hybridized carbons (Fsp3) is 0.381. The Bertz CT molecular complexity index is 813. The number of para-hydroxylation sites is 1. The van der Waals surface area contributed by atoms with Gasteiger partial charge in [-0.25, -0.2) is 0 Å². The maximum Gasteiger partial charge on any atom is 0.387 e. The molecule has 150 valence electrons. The van der Waals surface area contributed by atoms with E-state index in [0.717, 1.165) is 37.5 Å². The Kier molecular flexibility index (Phi) is 6.81. The number of hydrogen-bond donors (Lipinski definition) is 1. The van der Waals surface area contributed by atoms with Crippen molar-refractivity contribution >= 4 is 12.0 Å². The molecule has 1 amide bonds. The minimum absolute atomic E-state index is 0.0250. The van der Waals surface area contributed by atoms with Crippen molar-refractivity contribution < 1.29 is 22.7 Å². The number of aryl methyl sites for hydroxylation is 1. The zero-order chi connectivity index (χ0) is 19.9. The molecule has 1 fully saturated rings. The van der Waals surface area contributed by atoms with Gasteiger partial charge in [-0.15, -0.1) is 0 Å². The van der Waals surface area contributed by atoms with E-state index < -0.39 is 6.61 Å². The fourth-order valence-electron chi connectivity index (χ4n) is 3.34. The molecule has 0 radical (unpaired) electrons. The summed E-state index contributed by atoms with van der Waals surface area (Å²) >= 11 is 0. The maximum absolute atomic E-state index is 12.5. The number of amides is 1. The first-order valence-corrected chi connectivity index (χ1v) is 9.33. The van der Waals surface area contributed by atoms with Gasteiger partial charge in [0.05, 0.1) is 6.04 Å². The van der Waals surface area contributed by atoms with E-state index in [1.165, 1.54) is 18.2 Å². The van der Waals surface area contributed by atoms with Crippen molar-refractivity contribution in [2.75, 3.05) is 19.6 Å². The average Bonchev–Trinajstić information content (AvgIpc) is 3.33. The van der Waals surface area contributed by atoms with Crippen molar-refractivity contribution in [1.29, 1.82) is 0 Å². The molecule has 2 heterocycles. The molecule has 2 aromatic rings. The summed E-state index contributed by atoms with van der Waals surface area (Å²) in [6.07, 6.45) is 5.05. The molecule has 0 saturated carbocycles. The lowest BCUT2D eigenvalue weighted by Crippen LogP contribution is -2.36. The third kappa shape index (κ3) is 5.42. The van der Waals surface area contributed by atoms with Crippen molar-refractivity contribution in [1.82, 2.24) is 10.2 Å². The molecule has 1 N–H and O–H groups in total. The lowest BCUT2D eigenvalue weighted by atomic mass is 10.1. The van der Waals surface area contributed by atoms with Crippen LogP contribution in [0.15, 0.2) is 46.9 Å². The Morgan fingerprint density at radius 1 is 1.25 bits per heavy atom. The summed E-state index contributed by atoms with van der Waals surface area (Å²) in [7, 11) is 0. The van der Waals surface area contributed by atoms with E-state index in [0.29, 0.717) is 12.1 Å². The summed E-state index contributed by atoms with van der Waals surface area (Å²) < 4.78 is 35.2. The highest BCUT2D eigenvalue weighted by atomic mass is 19.3. The summed E-state index contributed by atoms with van der Waals surface area (Å²) in [5, 5.41) is 2.88. The molecular formula is C21H24F2N2O3. The summed E-state index contributed by atoms with van der Waals surface area (Å²) in [6.45, 7) is 1.32. The van der Waals surface area contributed by atoms with E-state index in [2.05, 4.69) is 15.0 Å². The predicted octanol–water partition coefficient (Wildman–Crippen LogP) is 4.16. The van der Waals surface area contributed by atoms with Crippen molar-refractivity contribution in [2.45, 2.75) is 32.4 Å². The van der Waals surface area contributed by atoms with Crippen molar-refractivity contribution in [3.63, 3.8) is 0 Å². The molecule has 0 unspecified atom stereocenters. The topological polar surface area (TPSA) is 54.7 Å². The molecule has 1 aromatic heterocycles. The largest absolute Gasteiger partial charge is 0.465 e. The highest BCUT2D eigenvalue weighted by Crippen LogP contribution is 2.26. The maximum atomic E-state index is 12.5. The normalized spacial score (nSPS) is 16.0. The Hall–Kier alpha value is -2.67. The molecule has 1 aromatic carbocycles. The molecular weight excluding hydrogens is 366 g/mol. The van der Waals surface area contributed by atoms with Crippen LogP contribution in [0.2, 0.25) is 0 Å². The quantitative estimate of drug-likeness (QED) is 0.688. The number of nitrogens with one attached hydrogen (secondary N) is 1. The van der Waals surface area contributed by atoms with Gasteiger partial charge in [-0.05, 0) is 57.1 Å². The lowest BCUT2D eigenvalue weighted by molar-refractivity contribution is -0.116. The Morgan fingerprint density at radius 2 is 2.00 bits per heavy atom. The number of hydrogen-bond acceptors (Lipinski definition) is 4. The van der Waals surface area contributed by atoms with Gasteiger partial charge in [-0.3, -0.25) is 9.69 Å². The predicted molar refractivity (Wildman–Crippen MR) is 102 cm³/mol. The van der Waals surface area contributed by atoms with Crippen LogP contribution in [0.4, 0.5) is 8.78 Å². The van der Waals surface area contributed by atoms with Gasteiger partial charge in [0.2, 0.25) is 5.91 Å². The second kappa shape index (κ2) is 9.50. The number of likely N-dealkylation sites (tertiary alicyclic amines) is 1. The molecule has 7 heteroatoms. The molecule has 28 heavy (non-hydrogen) atoms. The van der Waals surface area contributed by atoms with Crippen LogP contribution in [0, 0.1) is 6.92 Å². The van der Waals surface area contributed by atoms with Crippen LogP contribution in [0.1, 0.15) is 36.0 Å². The standard InChI is InChI=1S/C21H24F2N2O3/c1-15-8-10-19(27-15)17(25-12-4-5-13-25)14-24-20(26)11-9-16-6-2-3-7-18(16)28-21(22)23/h2-3,6-11,17,21H,4-5,12-14H2,1H3,(H,24,26)/b11-9-/t17-/m1/s1. The number of alkyl halides is 2. The number of ether oxygens (including phenoxy) is 1. The van der Waals surface area contributed by atoms with Gasteiger partial charge in [0, 0.05) is 18.2 Å². The van der Waals surface area contributed by atoms with Gasteiger partial charge in [-0.2, -0.15) is 8.78 Å². The Labute approximate surface area is 163 Å². The van der Waals surface area contributed by atoms with E-state index in [-0.39, 0.29) is 17.7 Å². The van der Waals surface area contributed by atoms with E-state index in [9.17, 15) is 13.6 Å². The van der Waals surface area contributed by atoms with E-state index in [4.69, 9.17) is 4.42 Å². The van der Waals surface area contributed by atoms with Crippen LogP contribution in [0.5, 0.6) is 5.75 Å². The molecule has 0 bridgehead atoms. The van der Waals surface area contributed by atoms with E-state index in [1.807, 2.05) is 19.1 Å². The first-order valence-electron chi connectivity index (χ1n) is 9.33. The van der Waals surface area contributed by atoms with Gasteiger partial charge >= 0.3 is 6.61 Å². The molecule has 3 rings (SSSR count). The number of furan rings is 1. The van der Waals surface area contributed by atoms with Crippen LogP contribution in [0.3, 0.4) is 0 Å². The number of carbonyl (C=O) groups is 1. The van der Waals surface area contributed by atoms with Crippen LogP contribution < -0.4 is 10.1 Å². The highest BCUT2D eigenvalue weighted by molar-refractivity contribution is 5.92. The number of carbonyl (C=O) groups excluding carboxylic acids is 1. The van der Waals surface area contributed by atoms with Crippen LogP contribution in [0.25, 0.3) is 6.08 Å². The van der Waals surface area contributed by atoms with Crippen LogP contribution in [-0.4, -0.2) is 37.1 Å². The minimum Gasteiger partial charge on any atom is -0.465 e. The van der Waals surface area contributed by atoms with Crippen LogP contribution in [-0.2, 0) is 4.79 Å². The first-order chi connectivity index (χ1) is 13.5. The summed E-state index contributed by atoms with van der Waals surface area (Å²) in [4.78, 5) is 14.6. The zero-order valence-electron chi connectivity index (χ0n) is 15.7. The number of rotatable bonds is 8. The molecule has 1 atom stereocenters. The SMILES string of the molecule is Cc1ccc([C@@H](CNC(=O)/C=C\c2ccccc2OC(F)F)N2CCCC2)o1. The van der Waals surface area contributed by atoms with Crippen molar-refractivity contribution in [3.8, 4) is 5.75 Å². The smallest absolute Gasteiger partial charge is 0.387 e. The second-order valence-electron chi connectivity index (χ2n) is 6.70. The summed E-state index contributed by atoms with van der Waals surface area (Å²) in [5.41, 5.74) is 0.413. The average molecular weight is 390 g/mol. The van der Waals surface area contributed by atoms with Gasteiger partial charge in [0.15, 0.2) is 0 Å². The monoisotopic (exact) mass is 390 g/mol. The third-order valence-electron chi connectivity index (χ3n) is 4.69. The van der Waals surface area contributed by atoms with Gasteiger partial charge in [-0.1, -0.05) is 18.2 Å². The molecule has 5 nitrogen and oxygen atoms in total. The highest BCUT2D eigenvalue weighted by Gasteiger charge is 2.26. The first kappa shape index (κ1) is 20.1. The zero-order valence-corrected chi connectivity index (χ0v) is 15.7. The van der Waals surface area contributed by atoms with Gasteiger partial charge < -0.3 is 14.5 Å². The van der Waals surface area contributed by atoms with Crippen molar-refractivity contribution in [3.05, 3.63) is 59.6 Å². The molecule has 0 aliphatic carbocycles.